The minimum atomic E-state index is -0.420. The second-order valence-corrected chi connectivity index (χ2v) is 7.73. The lowest BCUT2D eigenvalue weighted by molar-refractivity contribution is -0.118. The molecular weight excluding hydrogens is 332 g/mol. The van der Waals surface area contributed by atoms with Gasteiger partial charge >= 0.3 is 0 Å². The number of rotatable bonds is 9. The van der Waals surface area contributed by atoms with E-state index >= 15 is 0 Å². The van der Waals surface area contributed by atoms with E-state index < -0.39 is 5.91 Å². The van der Waals surface area contributed by atoms with Crippen molar-refractivity contribution < 1.29 is 4.79 Å². The second kappa shape index (κ2) is 10.3. The van der Waals surface area contributed by atoms with Crippen molar-refractivity contribution in [1.82, 2.24) is 10.6 Å². The molecule has 1 aliphatic heterocycles. The third kappa shape index (κ3) is 5.93. The Labute approximate surface area is 163 Å². The van der Waals surface area contributed by atoms with Gasteiger partial charge in [0, 0.05) is 6.42 Å². The Bertz CT molecular complexity index is 639. The lowest BCUT2D eigenvalue weighted by Gasteiger charge is -2.38. The molecule has 0 aromatic heterocycles. The van der Waals surface area contributed by atoms with Gasteiger partial charge in [0.2, 0.25) is 5.91 Å². The van der Waals surface area contributed by atoms with Crippen molar-refractivity contribution in [3.8, 4) is 0 Å². The number of carbonyl (C=O) groups is 1. The number of hydrogen-bond acceptors (Lipinski definition) is 2. The molecule has 1 aliphatic rings. The molecule has 0 bridgehead atoms. The average molecular weight is 364 g/mol. The van der Waals surface area contributed by atoms with Crippen LogP contribution in [0.25, 0.3) is 0 Å². The third-order valence-electron chi connectivity index (χ3n) is 5.76. The maximum absolute atomic E-state index is 10.7. The Kier molecular flexibility index (Phi) is 7.46. The molecular formula is C24H31N2O. The smallest absolute Gasteiger partial charge is 0.238 e. The number of carbonyl (C=O) groups excluding carboxylic acids is 1. The third-order valence-corrected chi connectivity index (χ3v) is 5.76. The summed E-state index contributed by atoms with van der Waals surface area (Å²) in [6.07, 6.45) is 7.36. The summed E-state index contributed by atoms with van der Waals surface area (Å²) < 4.78 is 0. The summed E-state index contributed by atoms with van der Waals surface area (Å²) in [4.78, 5) is 13.3. The maximum Gasteiger partial charge on any atom is 0.238 e. The van der Waals surface area contributed by atoms with Crippen LogP contribution in [0.4, 0.5) is 0 Å². The van der Waals surface area contributed by atoms with E-state index in [2.05, 4.69) is 65.6 Å². The number of hydrogen-bond donors (Lipinski definition) is 0. The summed E-state index contributed by atoms with van der Waals surface area (Å²) >= 11 is 0. The molecule has 0 unspecified atom stereocenters. The standard InChI is InChI=1S/C24H31N2O/c25-23(27)15-9-1-4-10-20-16-18-26(19-17-20)24(21-11-5-2-6-12-21)22-13-7-3-8-14-22/h2-3,5-8,11-14,20,24-25H,1,4,9-10,15-19H2. The SMILES string of the molecule is [NH]C(=O)CCCCCC1CCN(C(c2ccccc2)c2ccccc2)CC1. The van der Waals surface area contributed by atoms with Gasteiger partial charge in [-0.1, -0.05) is 79.9 Å². The van der Waals surface area contributed by atoms with E-state index in [1.54, 1.807) is 0 Å². The molecule has 1 radical (unpaired) electrons. The largest absolute Gasteiger partial charge is 0.292 e. The molecule has 1 amide bonds. The van der Waals surface area contributed by atoms with Gasteiger partial charge in [-0.15, -0.1) is 0 Å². The first-order chi connectivity index (χ1) is 13.2. The van der Waals surface area contributed by atoms with Gasteiger partial charge in [0.15, 0.2) is 0 Å². The van der Waals surface area contributed by atoms with Gasteiger partial charge in [-0.2, -0.15) is 0 Å². The molecule has 1 saturated heterocycles. The van der Waals surface area contributed by atoms with Crippen molar-refractivity contribution in [2.45, 2.75) is 51.0 Å². The Balaban J connectivity index is 1.55. The molecule has 1 N–H and O–H groups in total. The van der Waals surface area contributed by atoms with Crippen LogP contribution in [0.15, 0.2) is 60.7 Å². The summed E-state index contributed by atoms with van der Waals surface area (Å²) in [6, 6.07) is 22.1. The molecule has 0 aliphatic carbocycles. The predicted molar refractivity (Wildman–Crippen MR) is 110 cm³/mol. The van der Waals surface area contributed by atoms with Crippen LogP contribution >= 0.6 is 0 Å². The molecule has 3 rings (SSSR count). The monoisotopic (exact) mass is 363 g/mol. The summed E-state index contributed by atoms with van der Waals surface area (Å²) in [6.45, 7) is 2.29. The number of nitrogens with zero attached hydrogens (tertiary/aromatic N) is 1. The zero-order valence-electron chi connectivity index (χ0n) is 16.1. The molecule has 0 atom stereocenters. The number of benzene rings is 2. The zero-order chi connectivity index (χ0) is 18.9. The van der Waals surface area contributed by atoms with Crippen LogP contribution < -0.4 is 5.73 Å². The molecule has 143 valence electrons. The Morgan fingerprint density at radius 2 is 1.44 bits per heavy atom. The fourth-order valence-electron chi connectivity index (χ4n) is 4.28. The molecule has 0 spiro atoms. The van der Waals surface area contributed by atoms with Crippen LogP contribution in [-0.4, -0.2) is 23.9 Å². The Morgan fingerprint density at radius 3 is 1.96 bits per heavy atom. The molecule has 2 aromatic rings. The van der Waals surface area contributed by atoms with Gasteiger partial charge in [-0.3, -0.25) is 15.4 Å². The highest BCUT2D eigenvalue weighted by Crippen LogP contribution is 2.33. The number of likely N-dealkylation sites (tertiary alicyclic amines) is 1. The van der Waals surface area contributed by atoms with Crippen LogP contribution in [0.1, 0.15) is 62.1 Å². The van der Waals surface area contributed by atoms with E-state index in [-0.39, 0.29) is 0 Å². The molecule has 3 nitrogen and oxygen atoms in total. The molecule has 3 heteroatoms. The van der Waals surface area contributed by atoms with Crippen molar-refractivity contribution in [2.75, 3.05) is 13.1 Å². The number of amides is 1. The fourth-order valence-corrected chi connectivity index (χ4v) is 4.28. The van der Waals surface area contributed by atoms with Gasteiger partial charge in [-0.25, -0.2) is 0 Å². The number of nitrogens with one attached hydrogen (secondary N) is 1. The number of piperidine rings is 1. The van der Waals surface area contributed by atoms with Crippen LogP contribution in [-0.2, 0) is 4.79 Å². The fraction of sp³-hybridized carbons (Fsp3) is 0.458. The quantitative estimate of drug-likeness (QED) is 0.571. The van der Waals surface area contributed by atoms with Crippen LogP contribution in [0.2, 0.25) is 0 Å². The topological polar surface area (TPSA) is 44.1 Å². The van der Waals surface area contributed by atoms with Crippen LogP contribution in [0.5, 0.6) is 0 Å². The summed E-state index contributed by atoms with van der Waals surface area (Å²) in [7, 11) is 0. The van der Waals surface area contributed by atoms with Crippen molar-refractivity contribution >= 4 is 5.91 Å². The van der Waals surface area contributed by atoms with E-state index in [1.165, 1.54) is 36.8 Å². The van der Waals surface area contributed by atoms with Crippen molar-refractivity contribution in [3.05, 3.63) is 71.8 Å². The summed E-state index contributed by atoms with van der Waals surface area (Å²) in [5.41, 5.74) is 9.72. The number of unbranched alkanes of at least 4 members (excludes halogenated alkanes) is 2. The van der Waals surface area contributed by atoms with Crippen LogP contribution in [0, 0.1) is 5.92 Å². The highest BCUT2D eigenvalue weighted by molar-refractivity contribution is 5.72. The first kappa shape index (κ1) is 19.6. The van der Waals surface area contributed by atoms with E-state index in [1.807, 2.05) is 0 Å². The van der Waals surface area contributed by atoms with Crippen molar-refractivity contribution in [1.29, 1.82) is 0 Å². The van der Waals surface area contributed by atoms with Gasteiger partial charge < -0.3 is 0 Å². The second-order valence-electron chi connectivity index (χ2n) is 7.73. The average Bonchev–Trinajstić information content (AvgIpc) is 2.70. The lowest BCUT2D eigenvalue weighted by atomic mass is 9.88. The van der Waals surface area contributed by atoms with Crippen molar-refractivity contribution in [2.24, 2.45) is 5.92 Å². The minimum absolute atomic E-state index is 0.344. The zero-order valence-corrected chi connectivity index (χ0v) is 16.1. The molecule has 1 heterocycles. The summed E-state index contributed by atoms with van der Waals surface area (Å²) in [5, 5.41) is 0. The first-order valence-electron chi connectivity index (χ1n) is 10.3. The van der Waals surface area contributed by atoms with Gasteiger partial charge in [0.1, 0.15) is 0 Å². The molecule has 2 aromatic carbocycles. The van der Waals surface area contributed by atoms with Crippen LogP contribution in [0.3, 0.4) is 0 Å². The molecule has 27 heavy (non-hydrogen) atoms. The van der Waals surface area contributed by atoms with E-state index in [0.29, 0.717) is 12.5 Å². The van der Waals surface area contributed by atoms with Gasteiger partial charge in [0.05, 0.1) is 6.04 Å². The van der Waals surface area contributed by atoms with Gasteiger partial charge in [0.25, 0.3) is 0 Å². The molecule has 1 fully saturated rings. The Morgan fingerprint density at radius 1 is 0.889 bits per heavy atom. The molecule has 0 saturated carbocycles. The van der Waals surface area contributed by atoms with E-state index in [0.717, 1.165) is 31.8 Å². The first-order valence-corrected chi connectivity index (χ1v) is 10.3. The van der Waals surface area contributed by atoms with Crippen molar-refractivity contribution in [3.63, 3.8) is 0 Å². The normalized spacial score (nSPS) is 15.9. The van der Waals surface area contributed by atoms with E-state index in [9.17, 15) is 4.79 Å². The minimum Gasteiger partial charge on any atom is -0.292 e. The highest BCUT2D eigenvalue weighted by atomic mass is 16.1. The summed E-state index contributed by atoms with van der Waals surface area (Å²) in [5.74, 6) is 0.385. The highest BCUT2D eigenvalue weighted by Gasteiger charge is 2.26. The van der Waals surface area contributed by atoms with E-state index in [4.69, 9.17) is 5.73 Å². The predicted octanol–water partition coefficient (Wildman–Crippen LogP) is 5.25. The van der Waals surface area contributed by atoms with Gasteiger partial charge in [-0.05, 0) is 49.4 Å². The lowest BCUT2D eigenvalue weighted by Crippen LogP contribution is -2.37. The maximum atomic E-state index is 10.7. The Hall–Kier alpha value is -2.13.